The van der Waals surface area contributed by atoms with E-state index in [1.165, 1.54) is 0 Å². The minimum absolute atomic E-state index is 0.125. The summed E-state index contributed by atoms with van der Waals surface area (Å²) in [6, 6.07) is 8.04. The standard InChI is InChI=1S/C13H19NO2/c1-12(2,14)13(8-16-9-13)10-6-4-5-7-11(10)15-3/h4-7H,8-9,14H2,1-3H3. The largest absolute Gasteiger partial charge is 0.496 e. The van der Waals surface area contributed by atoms with Crippen molar-refractivity contribution in [3.05, 3.63) is 29.8 Å². The van der Waals surface area contributed by atoms with Crippen LogP contribution in [0.1, 0.15) is 19.4 Å². The molecular formula is C13H19NO2. The zero-order chi connectivity index (χ0) is 11.8. The van der Waals surface area contributed by atoms with Crippen LogP contribution in [0.15, 0.2) is 24.3 Å². The molecule has 1 saturated heterocycles. The number of ether oxygens (including phenoxy) is 2. The molecule has 0 spiro atoms. The number of methoxy groups -OCH3 is 1. The number of hydrogen-bond acceptors (Lipinski definition) is 3. The Morgan fingerprint density at radius 3 is 2.38 bits per heavy atom. The van der Waals surface area contributed by atoms with Crippen molar-refractivity contribution in [1.29, 1.82) is 0 Å². The van der Waals surface area contributed by atoms with E-state index in [9.17, 15) is 0 Å². The second-order valence-corrected chi connectivity index (χ2v) is 5.00. The van der Waals surface area contributed by atoms with E-state index in [0.29, 0.717) is 13.2 Å². The van der Waals surface area contributed by atoms with Crippen LogP contribution in [0.2, 0.25) is 0 Å². The van der Waals surface area contributed by atoms with Gasteiger partial charge in [-0.3, -0.25) is 0 Å². The zero-order valence-electron chi connectivity index (χ0n) is 10.1. The molecule has 16 heavy (non-hydrogen) atoms. The molecule has 0 radical (unpaired) electrons. The molecular weight excluding hydrogens is 202 g/mol. The SMILES string of the molecule is COc1ccccc1C1(C(C)(C)N)COC1. The average Bonchev–Trinajstić information content (AvgIpc) is 2.14. The van der Waals surface area contributed by atoms with Gasteiger partial charge in [-0.05, 0) is 19.9 Å². The van der Waals surface area contributed by atoms with E-state index < -0.39 is 0 Å². The maximum absolute atomic E-state index is 6.30. The summed E-state index contributed by atoms with van der Waals surface area (Å²) in [5, 5.41) is 0. The Bertz CT molecular complexity index is 378. The van der Waals surface area contributed by atoms with E-state index in [4.69, 9.17) is 15.2 Å². The lowest BCUT2D eigenvalue weighted by atomic mass is 9.65. The second kappa shape index (κ2) is 3.75. The highest BCUT2D eigenvalue weighted by Crippen LogP contribution is 2.44. The molecule has 2 rings (SSSR count). The average molecular weight is 221 g/mol. The Kier molecular flexibility index (Phi) is 2.68. The highest BCUT2D eigenvalue weighted by Gasteiger charge is 2.51. The molecule has 1 aliphatic rings. The maximum Gasteiger partial charge on any atom is 0.122 e. The normalized spacial score (nSPS) is 19.0. The van der Waals surface area contributed by atoms with Gasteiger partial charge < -0.3 is 15.2 Å². The molecule has 3 heteroatoms. The predicted molar refractivity (Wildman–Crippen MR) is 63.8 cm³/mol. The van der Waals surface area contributed by atoms with Crippen molar-refractivity contribution in [3.8, 4) is 5.75 Å². The molecule has 0 bridgehead atoms. The lowest BCUT2D eigenvalue weighted by Gasteiger charge is -2.51. The Labute approximate surface area is 96.5 Å². The molecule has 0 unspecified atom stereocenters. The van der Waals surface area contributed by atoms with E-state index in [2.05, 4.69) is 6.07 Å². The van der Waals surface area contributed by atoms with Gasteiger partial charge in [0.25, 0.3) is 0 Å². The third-order valence-corrected chi connectivity index (χ3v) is 3.55. The van der Waals surface area contributed by atoms with Crippen LogP contribution in [-0.4, -0.2) is 25.9 Å². The number of hydrogen-bond donors (Lipinski definition) is 1. The first-order chi connectivity index (χ1) is 7.51. The van der Waals surface area contributed by atoms with Crippen LogP contribution in [0, 0.1) is 0 Å². The van der Waals surface area contributed by atoms with Gasteiger partial charge in [0.2, 0.25) is 0 Å². The van der Waals surface area contributed by atoms with Gasteiger partial charge in [-0.2, -0.15) is 0 Å². The summed E-state index contributed by atoms with van der Waals surface area (Å²) >= 11 is 0. The van der Waals surface area contributed by atoms with E-state index in [1.54, 1.807) is 7.11 Å². The molecule has 0 aliphatic carbocycles. The molecule has 1 aliphatic heterocycles. The second-order valence-electron chi connectivity index (χ2n) is 5.00. The number of rotatable bonds is 3. The molecule has 1 aromatic rings. The van der Waals surface area contributed by atoms with Crippen molar-refractivity contribution >= 4 is 0 Å². The molecule has 0 saturated carbocycles. The highest BCUT2D eigenvalue weighted by molar-refractivity contribution is 5.44. The Balaban J connectivity index is 2.49. The van der Waals surface area contributed by atoms with Gasteiger partial charge >= 0.3 is 0 Å². The summed E-state index contributed by atoms with van der Waals surface area (Å²) in [4.78, 5) is 0. The number of nitrogens with two attached hydrogens (primary N) is 1. The van der Waals surface area contributed by atoms with E-state index in [1.807, 2.05) is 32.0 Å². The van der Waals surface area contributed by atoms with E-state index in [-0.39, 0.29) is 11.0 Å². The summed E-state index contributed by atoms with van der Waals surface area (Å²) < 4.78 is 10.8. The fourth-order valence-electron chi connectivity index (χ4n) is 2.22. The van der Waals surface area contributed by atoms with Crippen LogP contribution in [0.3, 0.4) is 0 Å². The summed E-state index contributed by atoms with van der Waals surface area (Å²) in [7, 11) is 1.69. The first-order valence-electron chi connectivity index (χ1n) is 5.51. The maximum atomic E-state index is 6.30. The fraction of sp³-hybridized carbons (Fsp3) is 0.538. The van der Waals surface area contributed by atoms with Crippen molar-refractivity contribution in [2.45, 2.75) is 24.8 Å². The third kappa shape index (κ3) is 1.51. The summed E-state index contributed by atoms with van der Waals surface area (Å²) in [5.41, 5.74) is 7.00. The van der Waals surface area contributed by atoms with Gasteiger partial charge in [0.05, 0.1) is 25.7 Å². The fourth-order valence-corrected chi connectivity index (χ4v) is 2.22. The van der Waals surface area contributed by atoms with Crippen molar-refractivity contribution < 1.29 is 9.47 Å². The summed E-state index contributed by atoms with van der Waals surface area (Å²) in [5.74, 6) is 0.893. The number of para-hydroxylation sites is 1. The molecule has 0 amide bonds. The minimum Gasteiger partial charge on any atom is -0.496 e. The van der Waals surface area contributed by atoms with Crippen LogP contribution in [0.5, 0.6) is 5.75 Å². The van der Waals surface area contributed by atoms with Gasteiger partial charge in [-0.15, -0.1) is 0 Å². The molecule has 1 heterocycles. The highest BCUT2D eigenvalue weighted by atomic mass is 16.5. The monoisotopic (exact) mass is 221 g/mol. The van der Waals surface area contributed by atoms with Crippen molar-refractivity contribution in [2.24, 2.45) is 5.73 Å². The van der Waals surface area contributed by atoms with Gasteiger partial charge in [0.1, 0.15) is 5.75 Å². The zero-order valence-corrected chi connectivity index (χ0v) is 10.1. The van der Waals surface area contributed by atoms with Crippen molar-refractivity contribution in [3.63, 3.8) is 0 Å². The van der Waals surface area contributed by atoms with Gasteiger partial charge in [0.15, 0.2) is 0 Å². The van der Waals surface area contributed by atoms with Crippen molar-refractivity contribution in [2.75, 3.05) is 20.3 Å². The molecule has 1 aromatic carbocycles. The molecule has 88 valence electrons. The molecule has 3 nitrogen and oxygen atoms in total. The summed E-state index contributed by atoms with van der Waals surface area (Å²) in [6.07, 6.45) is 0. The minimum atomic E-state index is -0.320. The lowest BCUT2D eigenvalue weighted by molar-refractivity contribution is -0.0927. The van der Waals surface area contributed by atoms with Crippen LogP contribution in [-0.2, 0) is 10.2 Å². The topological polar surface area (TPSA) is 44.5 Å². The smallest absolute Gasteiger partial charge is 0.122 e. The van der Waals surface area contributed by atoms with Crippen LogP contribution >= 0.6 is 0 Å². The Morgan fingerprint density at radius 1 is 1.31 bits per heavy atom. The quantitative estimate of drug-likeness (QED) is 0.845. The molecule has 0 aromatic heterocycles. The van der Waals surface area contributed by atoms with Crippen LogP contribution < -0.4 is 10.5 Å². The lowest BCUT2D eigenvalue weighted by Crippen LogP contribution is -2.64. The third-order valence-electron chi connectivity index (χ3n) is 3.55. The van der Waals surface area contributed by atoms with Gasteiger partial charge in [-0.25, -0.2) is 0 Å². The van der Waals surface area contributed by atoms with Crippen molar-refractivity contribution in [1.82, 2.24) is 0 Å². The van der Waals surface area contributed by atoms with Gasteiger partial charge in [0, 0.05) is 11.1 Å². The van der Waals surface area contributed by atoms with E-state index >= 15 is 0 Å². The molecule has 0 atom stereocenters. The van der Waals surface area contributed by atoms with Crippen LogP contribution in [0.25, 0.3) is 0 Å². The molecule has 2 N–H and O–H groups in total. The van der Waals surface area contributed by atoms with Crippen LogP contribution in [0.4, 0.5) is 0 Å². The molecule has 1 fully saturated rings. The van der Waals surface area contributed by atoms with Gasteiger partial charge in [-0.1, -0.05) is 18.2 Å². The summed E-state index contributed by atoms with van der Waals surface area (Å²) in [6.45, 7) is 5.41. The van der Waals surface area contributed by atoms with E-state index in [0.717, 1.165) is 11.3 Å². The first-order valence-corrected chi connectivity index (χ1v) is 5.51. The Morgan fingerprint density at radius 2 is 1.94 bits per heavy atom. The first kappa shape index (κ1) is 11.4. The number of benzene rings is 1. The predicted octanol–water partition coefficient (Wildman–Crippen LogP) is 1.70. The Hall–Kier alpha value is -1.06.